The lowest BCUT2D eigenvalue weighted by Gasteiger charge is -2.21. The van der Waals surface area contributed by atoms with Crippen molar-refractivity contribution >= 4 is 27.5 Å². The molecule has 0 bridgehead atoms. The van der Waals surface area contributed by atoms with Gasteiger partial charge in [0.25, 0.3) is 0 Å². The number of nitrogens with one attached hydrogen (secondary N) is 1. The van der Waals surface area contributed by atoms with Gasteiger partial charge in [-0.05, 0) is 43.2 Å². The predicted octanol–water partition coefficient (Wildman–Crippen LogP) is 3.28. The summed E-state index contributed by atoms with van der Waals surface area (Å²) in [5, 5.41) is 0.518. The molecule has 0 saturated carbocycles. The molecule has 0 aliphatic rings. The molecule has 0 aliphatic carbocycles. The zero-order valence-electron chi connectivity index (χ0n) is 15.1. The first-order chi connectivity index (χ1) is 12.2. The predicted molar refractivity (Wildman–Crippen MR) is 104 cm³/mol. The minimum atomic E-state index is -3.65. The van der Waals surface area contributed by atoms with E-state index in [0.717, 1.165) is 11.1 Å². The minimum Gasteiger partial charge on any atom is -0.337 e. The van der Waals surface area contributed by atoms with Gasteiger partial charge in [-0.1, -0.05) is 41.4 Å². The van der Waals surface area contributed by atoms with E-state index in [-0.39, 0.29) is 23.9 Å². The Bertz CT molecular complexity index is 880. The van der Waals surface area contributed by atoms with Gasteiger partial charge in [0, 0.05) is 31.6 Å². The molecule has 0 saturated heterocycles. The second kappa shape index (κ2) is 8.66. The van der Waals surface area contributed by atoms with Crippen molar-refractivity contribution in [3.8, 4) is 0 Å². The minimum absolute atomic E-state index is 0.105. The van der Waals surface area contributed by atoms with Crippen LogP contribution < -0.4 is 4.72 Å². The summed E-state index contributed by atoms with van der Waals surface area (Å²) in [6, 6.07) is 12.5. The summed E-state index contributed by atoms with van der Waals surface area (Å²) in [4.78, 5) is 13.6. The Hall–Kier alpha value is -1.89. The monoisotopic (exact) mass is 394 g/mol. The number of aryl methyl sites for hydroxylation is 2. The molecule has 0 atom stereocenters. The van der Waals surface area contributed by atoms with Gasteiger partial charge in [0.2, 0.25) is 15.9 Å². The number of carbonyl (C=O) groups excluding carboxylic acids is 1. The Labute approximate surface area is 160 Å². The molecule has 5 nitrogen and oxygen atoms in total. The van der Waals surface area contributed by atoms with Crippen LogP contribution in [0.1, 0.15) is 23.6 Å². The Morgan fingerprint density at radius 2 is 1.77 bits per heavy atom. The number of nitrogens with zero attached hydrogens (tertiary/aromatic N) is 1. The number of benzene rings is 2. The largest absolute Gasteiger partial charge is 0.337 e. The van der Waals surface area contributed by atoms with Crippen LogP contribution in [-0.2, 0) is 21.4 Å². The lowest BCUT2D eigenvalue weighted by atomic mass is 10.1. The van der Waals surface area contributed by atoms with Crippen molar-refractivity contribution in [2.45, 2.75) is 32.2 Å². The SMILES string of the molecule is CC(=O)N(CCNS(=O)(=O)c1ccc(Cl)c(C)c1)Cc1ccc(C)cc1. The fraction of sp³-hybridized carbons (Fsp3) is 0.316. The molecule has 0 aromatic heterocycles. The average Bonchev–Trinajstić information content (AvgIpc) is 2.58. The first kappa shape index (κ1) is 20.4. The smallest absolute Gasteiger partial charge is 0.240 e. The standard InChI is InChI=1S/C19H23ClN2O3S/c1-14-4-6-17(7-5-14)13-22(16(3)23)11-10-21-26(24,25)18-8-9-19(20)15(2)12-18/h4-9,12,21H,10-11,13H2,1-3H3. The molecule has 0 fully saturated rings. The number of hydrogen-bond acceptors (Lipinski definition) is 3. The van der Waals surface area contributed by atoms with Crippen LogP contribution in [0.2, 0.25) is 5.02 Å². The molecule has 0 spiro atoms. The van der Waals surface area contributed by atoms with Gasteiger partial charge in [-0.15, -0.1) is 0 Å². The van der Waals surface area contributed by atoms with E-state index in [9.17, 15) is 13.2 Å². The van der Waals surface area contributed by atoms with Crippen LogP contribution >= 0.6 is 11.6 Å². The number of halogens is 1. The van der Waals surface area contributed by atoms with E-state index in [1.807, 2.05) is 31.2 Å². The van der Waals surface area contributed by atoms with Gasteiger partial charge in [0.1, 0.15) is 0 Å². The lowest BCUT2D eigenvalue weighted by molar-refractivity contribution is -0.129. The maximum absolute atomic E-state index is 12.4. The molecular formula is C19H23ClN2O3S. The highest BCUT2D eigenvalue weighted by Gasteiger charge is 2.16. The van der Waals surface area contributed by atoms with Crippen LogP contribution in [0.15, 0.2) is 47.4 Å². The maximum atomic E-state index is 12.4. The van der Waals surface area contributed by atoms with Crippen molar-refractivity contribution in [1.82, 2.24) is 9.62 Å². The zero-order chi connectivity index (χ0) is 19.3. The van der Waals surface area contributed by atoms with Crippen molar-refractivity contribution in [3.63, 3.8) is 0 Å². The second-order valence-corrected chi connectivity index (χ2v) is 8.41. The topological polar surface area (TPSA) is 66.5 Å². The van der Waals surface area contributed by atoms with E-state index in [4.69, 9.17) is 11.6 Å². The second-order valence-electron chi connectivity index (χ2n) is 6.23. The van der Waals surface area contributed by atoms with E-state index >= 15 is 0 Å². The Balaban J connectivity index is 1.99. The van der Waals surface area contributed by atoms with Gasteiger partial charge in [-0.2, -0.15) is 0 Å². The van der Waals surface area contributed by atoms with Crippen LogP contribution in [0.5, 0.6) is 0 Å². The molecule has 0 aliphatic heterocycles. The first-order valence-electron chi connectivity index (χ1n) is 8.26. The quantitative estimate of drug-likeness (QED) is 0.783. The summed E-state index contributed by atoms with van der Waals surface area (Å²) in [5.41, 5.74) is 2.84. The summed E-state index contributed by atoms with van der Waals surface area (Å²) in [7, 11) is -3.65. The number of carbonyl (C=O) groups is 1. The Morgan fingerprint density at radius 3 is 2.35 bits per heavy atom. The highest BCUT2D eigenvalue weighted by atomic mass is 35.5. The summed E-state index contributed by atoms with van der Waals surface area (Å²) in [5.74, 6) is -0.105. The molecule has 2 rings (SSSR count). The van der Waals surface area contributed by atoms with Gasteiger partial charge in [-0.3, -0.25) is 4.79 Å². The fourth-order valence-electron chi connectivity index (χ4n) is 2.44. The van der Waals surface area contributed by atoms with Crippen molar-refractivity contribution in [3.05, 3.63) is 64.2 Å². The molecule has 140 valence electrons. The number of hydrogen-bond donors (Lipinski definition) is 1. The van der Waals surface area contributed by atoms with Crippen LogP contribution in [-0.4, -0.2) is 32.3 Å². The van der Waals surface area contributed by atoms with Gasteiger partial charge in [0.15, 0.2) is 0 Å². The van der Waals surface area contributed by atoms with Crippen molar-refractivity contribution in [2.24, 2.45) is 0 Å². The Morgan fingerprint density at radius 1 is 1.12 bits per heavy atom. The van der Waals surface area contributed by atoms with E-state index in [1.54, 1.807) is 17.9 Å². The number of amides is 1. The molecule has 0 radical (unpaired) electrons. The van der Waals surface area contributed by atoms with Gasteiger partial charge >= 0.3 is 0 Å². The third-order valence-electron chi connectivity index (χ3n) is 4.05. The van der Waals surface area contributed by atoms with Crippen LogP contribution in [0.25, 0.3) is 0 Å². The third-order valence-corrected chi connectivity index (χ3v) is 5.94. The normalized spacial score (nSPS) is 11.4. The highest BCUT2D eigenvalue weighted by molar-refractivity contribution is 7.89. The maximum Gasteiger partial charge on any atom is 0.240 e. The molecule has 26 heavy (non-hydrogen) atoms. The molecule has 1 N–H and O–H groups in total. The highest BCUT2D eigenvalue weighted by Crippen LogP contribution is 2.19. The van der Waals surface area contributed by atoms with Gasteiger partial charge in [0.05, 0.1) is 4.90 Å². The molecule has 1 amide bonds. The van der Waals surface area contributed by atoms with Gasteiger partial charge in [-0.25, -0.2) is 13.1 Å². The summed E-state index contributed by atoms with van der Waals surface area (Å²) in [6.07, 6.45) is 0. The van der Waals surface area contributed by atoms with Gasteiger partial charge < -0.3 is 4.90 Å². The molecule has 0 unspecified atom stereocenters. The summed E-state index contributed by atoms with van der Waals surface area (Å²) >= 11 is 5.94. The van der Waals surface area contributed by atoms with Crippen LogP contribution in [0, 0.1) is 13.8 Å². The van der Waals surface area contributed by atoms with Crippen molar-refractivity contribution < 1.29 is 13.2 Å². The van der Waals surface area contributed by atoms with E-state index in [2.05, 4.69) is 4.72 Å². The van der Waals surface area contributed by atoms with Crippen molar-refractivity contribution in [1.29, 1.82) is 0 Å². The van der Waals surface area contributed by atoms with E-state index < -0.39 is 10.0 Å². The molecule has 2 aromatic carbocycles. The summed E-state index contributed by atoms with van der Waals surface area (Å²) < 4.78 is 27.3. The fourth-order valence-corrected chi connectivity index (χ4v) is 3.67. The third kappa shape index (κ3) is 5.56. The van der Waals surface area contributed by atoms with E-state index in [0.29, 0.717) is 17.1 Å². The Kier molecular flexibility index (Phi) is 6.81. The molecular weight excluding hydrogens is 372 g/mol. The molecule has 2 aromatic rings. The molecule has 0 heterocycles. The zero-order valence-corrected chi connectivity index (χ0v) is 16.7. The van der Waals surface area contributed by atoms with E-state index in [1.165, 1.54) is 19.1 Å². The summed E-state index contributed by atoms with van der Waals surface area (Å²) in [6.45, 7) is 6.09. The number of sulfonamides is 1. The number of rotatable bonds is 7. The van der Waals surface area contributed by atoms with Crippen LogP contribution in [0.3, 0.4) is 0 Å². The lowest BCUT2D eigenvalue weighted by Crippen LogP contribution is -2.37. The molecule has 7 heteroatoms. The van der Waals surface area contributed by atoms with Crippen molar-refractivity contribution in [2.75, 3.05) is 13.1 Å². The van der Waals surface area contributed by atoms with Crippen LogP contribution in [0.4, 0.5) is 0 Å². The average molecular weight is 395 g/mol. The first-order valence-corrected chi connectivity index (χ1v) is 10.1.